The number of amides is 1. The van der Waals surface area contributed by atoms with Crippen LogP contribution in [0.5, 0.6) is 0 Å². The van der Waals surface area contributed by atoms with E-state index in [1.165, 1.54) is 12.1 Å². The van der Waals surface area contributed by atoms with E-state index in [9.17, 15) is 13.6 Å². The van der Waals surface area contributed by atoms with Gasteiger partial charge in [-0.15, -0.1) is 0 Å². The van der Waals surface area contributed by atoms with E-state index < -0.39 is 17.7 Å². The third-order valence-corrected chi connectivity index (χ3v) is 3.75. The Kier molecular flexibility index (Phi) is 3.39. The van der Waals surface area contributed by atoms with Crippen molar-refractivity contribution in [2.45, 2.75) is 12.5 Å². The van der Waals surface area contributed by atoms with Crippen molar-refractivity contribution in [2.75, 3.05) is 5.32 Å². The van der Waals surface area contributed by atoms with E-state index in [1.807, 2.05) is 0 Å². The van der Waals surface area contributed by atoms with E-state index in [4.69, 9.17) is 17.3 Å². The number of nitrogens with one attached hydrogen (secondary N) is 1. The van der Waals surface area contributed by atoms with Crippen molar-refractivity contribution in [3.05, 3.63) is 63.7 Å². The van der Waals surface area contributed by atoms with Crippen molar-refractivity contribution in [3.63, 3.8) is 0 Å². The third-order valence-electron chi connectivity index (χ3n) is 3.43. The number of hydrogen-bond acceptors (Lipinski definition) is 2. The number of anilines is 1. The van der Waals surface area contributed by atoms with Crippen LogP contribution in [-0.4, -0.2) is 5.91 Å². The van der Waals surface area contributed by atoms with E-state index in [2.05, 4.69) is 5.32 Å². The summed E-state index contributed by atoms with van der Waals surface area (Å²) < 4.78 is 26.6. The molecule has 0 aromatic heterocycles. The van der Waals surface area contributed by atoms with Crippen LogP contribution in [0.3, 0.4) is 0 Å². The van der Waals surface area contributed by atoms with Crippen molar-refractivity contribution in [1.82, 2.24) is 0 Å². The molecular formula is C15H11ClF2N2O. The largest absolute Gasteiger partial charge is 0.325 e. The first kappa shape index (κ1) is 14.0. The first-order valence-corrected chi connectivity index (χ1v) is 6.65. The molecule has 2 aromatic carbocycles. The maximum Gasteiger partial charge on any atom is 0.228 e. The molecule has 0 bridgehead atoms. The summed E-state index contributed by atoms with van der Waals surface area (Å²) in [4.78, 5) is 11.4. The molecule has 3 N–H and O–H groups in total. The smallest absolute Gasteiger partial charge is 0.228 e. The van der Waals surface area contributed by atoms with Crippen LogP contribution in [-0.2, 0) is 11.2 Å². The van der Waals surface area contributed by atoms with Crippen molar-refractivity contribution in [3.8, 4) is 0 Å². The number of nitrogens with two attached hydrogens (primary N) is 1. The van der Waals surface area contributed by atoms with Gasteiger partial charge in [0.2, 0.25) is 5.91 Å². The quantitative estimate of drug-likeness (QED) is 0.895. The van der Waals surface area contributed by atoms with E-state index in [0.717, 1.165) is 11.6 Å². The second-order valence-electron chi connectivity index (χ2n) is 4.94. The van der Waals surface area contributed by atoms with Gasteiger partial charge in [-0.2, -0.15) is 0 Å². The standard InChI is InChI=1S/C15H11ClF2N2O/c16-12-6-13-7(4-14(21)20-13)3-11(12)15(19)8-1-9(17)5-10(18)2-8/h1-3,5-6,15H,4,19H2,(H,20,21). The van der Waals surface area contributed by atoms with Gasteiger partial charge in [0, 0.05) is 16.8 Å². The van der Waals surface area contributed by atoms with Gasteiger partial charge >= 0.3 is 0 Å². The van der Waals surface area contributed by atoms with Gasteiger partial charge in [0.1, 0.15) is 11.6 Å². The number of fused-ring (bicyclic) bond motifs is 1. The predicted octanol–water partition coefficient (Wildman–Crippen LogP) is 3.16. The van der Waals surface area contributed by atoms with Gasteiger partial charge in [-0.25, -0.2) is 8.78 Å². The van der Waals surface area contributed by atoms with Gasteiger partial charge in [0.25, 0.3) is 0 Å². The van der Waals surface area contributed by atoms with Gasteiger partial charge < -0.3 is 11.1 Å². The summed E-state index contributed by atoms with van der Waals surface area (Å²) in [5.41, 5.74) is 8.28. The molecule has 0 aliphatic carbocycles. The van der Waals surface area contributed by atoms with E-state index >= 15 is 0 Å². The highest BCUT2D eigenvalue weighted by Crippen LogP contribution is 2.34. The molecular weight excluding hydrogens is 298 g/mol. The lowest BCUT2D eigenvalue weighted by molar-refractivity contribution is -0.115. The molecule has 6 heteroatoms. The minimum Gasteiger partial charge on any atom is -0.325 e. The third kappa shape index (κ3) is 2.62. The SMILES string of the molecule is NC(c1cc(F)cc(F)c1)c1cc2c(cc1Cl)NC(=O)C2. The lowest BCUT2D eigenvalue weighted by Gasteiger charge is -2.16. The molecule has 0 saturated heterocycles. The second-order valence-corrected chi connectivity index (χ2v) is 5.34. The summed E-state index contributed by atoms with van der Waals surface area (Å²) in [5, 5.41) is 3.02. The monoisotopic (exact) mass is 308 g/mol. The molecule has 1 heterocycles. The lowest BCUT2D eigenvalue weighted by atomic mass is 9.97. The molecule has 0 radical (unpaired) electrons. The summed E-state index contributed by atoms with van der Waals surface area (Å²) in [6, 6.07) is 5.64. The number of carbonyl (C=O) groups excluding carboxylic acids is 1. The van der Waals surface area contributed by atoms with Crippen molar-refractivity contribution in [1.29, 1.82) is 0 Å². The molecule has 0 spiro atoms. The maximum atomic E-state index is 13.3. The minimum absolute atomic E-state index is 0.122. The Hall–Kier alpha value is -1.98. The van der Waals surface area contributed by atoms with E-state index in [-0.39, 0.29) is 17.9 Å². The lowest BCUT2D eigenvalue weighted by Crippen LogP contribution is -2.13. The average molecular weight is 309 g/mol. The van der Waals surface area contributed by atoms with Gasteiger partial charge in [-0.1, -0.05) is 11.6 Å². The van der Waals surface area contributed by atoms with Crippen LogP contribution >= 0.6 is 11.6 Å². The zero-order chi connectivity index (χ0) is 15.1. The average Bonchev–Trinajstić information content (AvgIpc) is 2.75. The topological polar surface area (TPSA) is 55.1 Å². The molecule has 1 unspecified atom stereocenters. The Morgan fingerprint density at radius 2 is 1.81 bits per heavy atom. The highest BCUT2D eigenvalue weighted by molar-refractivity contribution is 6.32. The first-order chi connectivity index (χ1) is 9.94. The van der Waals surface area contributed by atoms with Crippen LogP contribution in [0, 0.1) is 11.6 Å². The van der Waals surface area contributed by atoms with Crippen LogP contribution in [0.25, 0.3) is 0 Å². The summed E-state index contributed by atoms with van der Waals surface area (Å²) in [6.07, 6.45) is 0.240. The number of carbonyl (C=O) groups is 1. The van der Waals surface area contributed by atoms with Gasteiger partial charge in [-0.3, -0.25) is 4.79 Å². The number of benzene rings is 2. The second kappa shape index (κ2) is 5.09. The molecule has 3 nitrogen and oxygen atoms in total. The predicted molar refractivity (Wildman–Crippen MR) is 76.2 cm³/mol. The Morgan fingerprint density at radius 3 is 2.48 bits per heavy atom. The van der Waals surface area contributed by atoms with Crippen molar-refractivity contribution in [2.24, 2.45) is 5.73 Å². The van der Waals surface area contributed by atoms with E-state index in [1.54, 1.807) is 12.1 Å². The molecule has 1 amide bonds. The zero-order valence-corrected chi connectivity index (χ0v) is 11.5. The first-order valence-electron chi connectivity index (χ1n) is 6.28. The fourth-order valence-electron chi connectivity index (χ4n) is 2.44. The molecule has 108 valence electrons. The minimum atomic E-state index is -0.774. The van der Waals surface area contributed by atoms with Gasteiger partial charge in [0.05, 0.1) is 12.5 Å². The van der Waals surface area contributed by atoms with Crippen LogP contribution in [0.1, 0.15) is 22.7 Å². The number of halogens is 3. The Balaban J connectivity index is 2.04. The summed E-state index contributed by atoms with van der Waals surface area (Å²) in [6.45, 7) is 0. The molecule has 0 saturated carbocycles. The van der Waals surface area contributed by atoms with E-state index in [0.29, 0.717) is 16.3 Å². The summed E-state index contributed by atoms with van der Waals surface area (Å²) >= 11 is 6.16. The fraction of sp³-hybridized carbons (Fsp3) is 0.133. The molecule has 1 atom stereocenters. The van der Waals surface area contributed by atoms with Gasteiger partial charge in [-0.05, 0) is 41.0 Å². The van der Waals surface area contributed by atoms with Gasteiger partial charge in [0.15, 0.2) is 0 Å². The fourth-order valence-corrected chi connectivity index (χ4v) is 2.72. The molecule has 1 aliphatic rings. The molecule has 3 rings (SSSR count). The van der Waals surface area contributed by atoms with Crippen LogP contribution in [0.4, 0.5) is 14.5 Å². The maximum absolute atomic E-state index is 13.3. The Labute approximate surface area is 124 Å². The van der Waals surface area contributed by atoms with Crippen LogP contribution in [0.2, 0.25) is 5.02 Å². The normalized spacial score (nSPS) is 14.8. The molecule has 2 aromatic rings. The van der Waals surface area contributed by atoms with Crippen LogP contribution < -0.4 is 11.1 Å². The van der Waals surface area contributed by atoms with Crippen LogP contribution in [0.15, 0.2) is 30.3 Å². The molecule has 21 heavy (non-hydrogen) atoms. The summed E-state index contributed by atoms with van der Waals surface area (Å²) in [5.74, 6) is -1.52. The highest BCUT2D eigenvalue weighted by atomic mass is 35.5. The number of rotatable bonds is 2. The van der Waals surface area contributed by atoms with Crippen molar-refractivity contribution < 1.29 is 13.6 Å². The highest BCUT2D eigenvalue weighted by Gasteiger charge is 2.22. The molecule has 0 fully saturated rings. The molecule has 1 aliphatic heterocycles. The Bertz CT molecular complexity index is 728. The zero-order valence-electron chi connectivity index (χ0n) is 10.8. The summed E-state index contributed by atoms with van der Waals surface area (Å²) in [7, 11) is 0. The Morgan fingerprint density at radius 1 is 1.14 bits per heavy atom. The van der Waals surface area contributed by atoms with Crippen molar-refractivity contribution >= 4 is 23.2 Å². The number of hydrogen-bond donors (Lipinski definition) is 2.